The van der Waals surface area contributed by atoms with E-state index in [4.69, 9.17) is 9.72 Å². The third-order valence-electron chi connectivity index (χ3n) is 6.76. The van der Waals surface area contributed by atoms with Crippen molar-refractivity contribution < 1.29 is 19.4 Å². The number of amides is 2. The Hall–Kier alpha value is -4.72. The number of nitrogens with zero attached hydrogens (tertiary/aromatic N) is 4. The van der Waals surface area contributed by atoms with Crippen molar-refractivity contribution in [1.29, 1.82) is 5.26 Å². The molecule has 4 aromatic rings. The number of fused-ring (bicyclic) bond motifs is 1. The summed E-state index contributed by atoms with van der Waals surface area (Å²) in [4.78, 5) is 32.1. The zero-order valence-corrected chi connectivity index (χ0v) is 25.2. The Bertz CT molecular complexity index is 1620. The average Bonchev–Trinajstić information content (AvgIpc) is 3.40. The van der Waals surface area contributed by atoms with Crippen molar-refractivity contribution in [3.05, 3.63) is 89.2 Å². The van der Waals surface area contributed by atoms with Crippen molar-refractivity contribution in [2.24, 2.45) is 0 Å². The van der Waals surface area contributed by atoms with Gasteiger partial charge < -0.3 is 29.8 Å². The number of pyridine rings is 1. The molecule has 2 aromatic heterocycles. The van der Waals surface area contributed by atoms with E-state index >= 15 is 0 Å². The molecule has 0 saturated heterocycles. The summed E-state index contributed by atoms with van der Waals surface area (Å²) in [5.41, 5.74) is 4.72. The highest BCUT2D eigenvalue weighted by atomic mass is 16.5. The maximum absolute atomic E-state index is 13.3. The van der Waals surface area contributed by atoms with Crippen LogP contribution in [0.2, 0.25) is 0 Å². The molecule has 4 rings (SSSR count). The van der Waals surface area contributed by atoms with Crippen LogP contribution in [0.5, 0.6) is 5.75 Å². The molecule has 0 radical (unpaired) electrons. The normalized spacial score (nSPS) is 12.6. The lowest BCUT2D eigenvalue weighted by atomic mass is 10.0. The number of rotatable bonds is 12. The van der Waals surface area contributed by atoms with Gasteiger partial charge in [0.2, 0.25) is 5.91 Å². The van der Waals surface area contributed by atoms with E-state index in [1.165, 1.54) is 6.07 Å². The van der Waals surface area contributed by atoms with Crippen LogP contribution in [0.4, 0.5) is 0 Å². The van der Waals surface area contributed by atoms with E-state index in [-0.39, 0.29) is 36.6 Å². The highest BCUT2D eigenvalue weighted by Crippen LogP contribution is 2.25. The second-order valence-electron chi connectivity index (χ2n) is 11.1. The first-order valence-electron chi connectivity index (χ1n) is 14.2. The molecule has 224 valence electrons. The molecule has 0 bridgehead atoms. The van der Waals surface area contributed by atoms with Crippen molar-refractivity contribution in [2.75, 3.05) is 27.2 Å². The van der Waals surface area contributed by atoms with Crippen LogP contribution in [0.1, 0.15) is 53.9 Å². The Labute approximate surface area is 251 Å². The summed E-state index contributed by atoms with van der Waals surface area (Å²) in [5, 5.41) is 25.6. The summed E-state index contributed by atoms with van der Waals surface area (Å²) in [6.45, 7) is 5.92. The molecule has 3 N–H and O–H groups in total. The zero-order valence-electron chi connectivity index (χ0n) is 25.2. The van der Waals surface area contributed by atoms with E-state index in [1.54, 1.807) is 24.0 Å². The summed E-state index contributed by atoms with van der Waals surface area (Å²) < 4.78 is 7.58. The molecule has 0 aliphatic rings. The lowest BCUT2D eigenvalue weighted by Gasteiger charge is -2.21. The molecule has 10 heteroatoms. The zero-order chi connectivity index (χ0) is 31.1. The predicted octanol–water partition coefficient (Wildman–Crippen LogP) is 3.73. The second kappa shape index (κ2) is 14.0. The Morgan fingerprint density at radius 3 is 2.51 bits per heavy atom. The number of hydrogen-bond acceptors (Lipinski definition) is 7. The predicted molar refractivity (Wildman–Crippen MR) is 165 cm³/mol. The van der Waals surface area contributed by atoms with E-state index in [1.807, 2.05) is 81.1 Å². The number of carbonyl (C=O) groups excluding carboxylic acids is 2. The Balaban J connectivity index is 1.52. The summed E-state index contributed by atoms with van der Waals surface area (Å²) in [6.07, 6.45) is 3.54. The molecular weight excluding hydrogens is 544 g/mol. The molecule has 0 aliphatic carbocycles. The molecule has 0 fully saturated rings. The van der Waals surface area contributed by atoms with Gasteiger partial charge >= 0.3 is 0 Å². The average molecular weight is 583 g/mol. The van der Waals surface area contributed by atoms with Gasteiger partial charge in [-0.25, -0.2) is 4.98 Å². The number of nitriles is 1. The highest BCUT2D eigenvalue weighted by Gasteiger charge is 2.18. The van der Waals surface area contributed by atoms with E-state index in [9.17, 15) is 20.0 Å². The minimum absolute atomic E-state index is 0.109. The van der Waals surface area contributed by atoms with Crippen LogP contribution < -0.4 is 15.4 Å². The fraction of sp³-hybridized carbons (Fsp3) is 0.333. The van der Waals surface area contributed by atoms with Crippen LogP contribution in [0.3, 0.4) is 0 Å². The minimum atomic E-state index is -0.635. The summed E-state index contributed by atoms with van der Waals surface area (Å²) in [5.74, 6) is -0.0750. The molecule has 0 saturated carbocycles. The first kappa shape index (κ1) is 31.2. The topological polar surface area (TPSA) is 132 Å². The number of imidazole rings is 1. The SMILES string of the molecule is CC(C)Oc1ccc(C(=O)NC(CNC(=O)CN(C)C)Cc2ccc(-c3cn4cccc(C(C)O)c4n3)cc2)cc1C#N. The lowest BCUT2D eigenvalue weighted by Crippen LogP contribution is -2.46. The fourth-order valence-electron chi connectivity index (χ4n) is 4.73. The Kier molecular flexibility index (Phi) is 10.1. The van der Waals surface area contributed by atoms with Gasteiger partial charge in [-0.15, -0.1) is 0 Å². The quantitative estimate of drug-likeness (QED) is 0.232. The van der Waals surface area contributed by atoms with Crippen LogP contribution in [-0.2, 0) is 11.2 Å². The van der Waals surface area contributed by atoms with Crippen molar-refractivity contribution in [3.8, 4) is 23.1 Å². The summed E-state index contributed by atoms with van der Waals surface area (Å²) in [7, 11) is 3.63. The molecule has 2 heterocycles. The van der Waals surface area contributed by atoms with Gasteiger partial charge in [0.15, 0.2) is 0 Å². The molecule has 10 nitrogen and oxygen atoms in total. The largest absolute Gasteiger partial charge is 0.490 e. The molecule has 2 atom stereocenters. The first-order chi connectivity index (χ1) is 20.5. The lowest BCUT2D eigenvalue weighted by molar-refractivity contribution is -0.121. The van der Waals surface area contributed by atoms with Gasteiger partial charge in [0.1, 0.15) is 17.5 Å². The van der Waals surface area contributed by atoms with E-state index < -0.39 is 12.1 Å². The van der Waals surface area contributed by atoms with Crippen molar-refractivity contribution in [1.82, 2.24) is 24.9 Å². The maximum Gasteiger partial charge on any atom is 0.251 e. The monoisotopic (exact) mass is 582 g/mol. The number of aromatic nitrogens is 2. The van der Waals surface area contributed by atoms with E-state index in [0.29, 0.717) is 23.4 Å². The smallest absolute Gasteiger partial charge is 0.251 e. The standard InChI is InChI=1S/C33H38N6O4/c1-21(2)43-30-13-12-25(16-26(30)17-34)33(42)36-27(18-35-31(41)20-38(4)5)15-23-8-10-24(11-9-23)29-19-39-14-6-7-28(22(3)40)32(39)37-29/h6-14,16,19,21-22,27,40H,15,18,20H2,1-5H3,(H,35,41)(H,36,42). The molecule has 2 unspecified atom stereocenters. The van der Waals surface area contributed by atoms with Gasteiger partial charge in [-0.2, -0.15) is 5.26 Å². The Morgan fingerprint density at radius 1 is 1.12 bits per heavy atom. The summed E-state index contributed by atoms with van der Waals surface area (Å²) >= 11 is 0. The summed E-state index contributed by atoms with van der Waals surface area (Å²) in [6, 6.07) is 18.1. The molecule has 43 heavy (non-hydrogen) atoms. The van der Waals surface area contributed by atoms with Gasteiger partial charge in [-0.1, -0.05) is 30.3 Å². The number of nitrogens with one attached hydrogen (secondary N) is 2. The molecule has 2 amide bonds. The minimum Gasteiger partial charge on any atom is -0.490 e. The molecule has 0 spiro atoms. The van der Waals surface area contributed by atoms with Crippen LogP contribution in [-0.4, -0.2) is 70.5 Å². The third-order valence-corrected chi connectivity index (χ3v) is 6.76. The van der Waals surface area contributed by atoms with Gasteiger partial charge in [0.05, 0.1) is 36.1 Å². The van der Waals surface area contributed by atoms with Crippen molar-refractivity contribution in [2.45, 2.75) is 45.4 Å². The van der Waals surface area contributed by atoms with Crippen LogP contribution in [0.15, 0.2) is 67.0 Å². The molecular formula is C33H38N6O4. The van der Waals surface area contributed by atoms with Crippen LogP contribution in [0.25, 0.3) is 16.9 Å². The van der Waals surface area contributed by atoms with Gasteiger partial charge in [-0.05, 0) is 71.1 Å². The van der Waals surface area contributed by atoms with E-state index in [0.717, 1.165) is 22.4 Å². The van der Waals surface area contributed by atoms with Gasteiger partial charge in [0.25, 0.3) is 5.91 Å². The highest BCUT2D eigenvalue weighted by molar-refractivity contribution is 5.95. The van der Waals surface area contributed by atoms with Crippen LogP contribution >= 0.6 is 0 Å². The third kappa shape index (κ3) is 8.19. The molecule has 2 aromatic carbocycles. The van der Waals surface area contributed by atoms with Crippen molar-refractivity contribution >= 4 is 17.5 Å². The Morgan fingerprint density at radius 2 is 1.86 bits per heavy atom. The number of carbonyl (C=O) groups is 2. The van der Waals surface area contributed by atoms with Gasteiger partial charge in [-0.3, -0.25) is 9.59 Å². The number of hydrogen-bond donors (Lipinski definition) is 3. The van der Waals surface area contributed by atoms with Gasteiger partial charge in [0, 0.05) is 35.6 Å². The number of aliphatic hydroxyl groups is 1. The number of benzene rings is 2. The molecule has 0 aliphatic heterocycles. The number of ether oxygens (including phenoxy) is 1. The number of likely N-dealkylation sites (N-methyl/N-ethyl adjacent to an activating group) is 1. The van der Waals surface area contributed by atoms with Crippen molar-refractivity contribution in [3.63, 3.8) is 0 Å². The first-order valence-corrected chi connectivity index (χ1v) is 14.2. The van der Waals surface area contributed by atoms with E-state index in [2.05, 4.69) is 16.7 Å². The fourth-order valence-corrected chi connectivity index (χ4v) is 4.73. The van der Waals surface area contributed by atoms with Crippen LogP contribution in [0, 0.1) is 11.3 Å². The second-order valence-corrected chi connectivity index (χ2v) is 11.1. The number of aliphatic hydroxyl groups excluding tert-OH is 1. The maximum atomic E-state index is 13.3.